The van der Waals surface area contributed by atoms with E-state index in [0.717, 1.165) is 24.1 Å². The number of nitrogens with two attached hydrogens (primary N) is 1. The molecule has 0 spiro atoms. The Bertz CT molecular complexity index is 858. The Morgan fingerprint density at radius 1 is 1.10 bits per heavy atom. The largest absolute Gasteiger partial charge is 0.370 e. The molecule has 1 saturated carbocycles. The van der Waals surface area contributed by atoms with Crippen molar-refractivity contribution in [3.63, 3.8) is 0 Å². The monoisotopic (exact) mass is 441 g/mol. The number of nitrogens with zero attached hydrogens (tertiary/aromatic N) is 2. The van der Waals surface area contributed by atoms with Crippen LogP contribution >= 0.6 is 11.6 Å². The van der Waals surface area contributed by atoms with Crippen LogP contribution in [-0.2, 0) is 6.54 Å². The number of guanidine groups is 1. The van der Waals surface area contributed by atoms with E-state index in [4.69, 9.17) is 22.7 Å². The van der Waals surface area contributed by atoms with E-state index in [1.54, 1.807) is 4.90 Å². The predicted octanol–water partition coefficient (Wildman–Crippen LogP) is 4.69. The number of anilines is 1. The molecule has 7 heteroatoms. The third-order valence-corrected chi connectivity index (χ3v) is 6.32. The molecule has 2 amide bonds. The predicted molar refractivity (Wildman–Crippen MR) is 127 cm³/mol. The molecule has 0 heterocycles. The highest BCUT2D eigenvalue weighted by molar-refractivity contribution is 6.30. The summed E-state index contributed by atoms with van der Waals surface area (Å²) in [6, 6.07) is 17.4. The van der Waals surface area contributed by atoms with Crippen LogP contribution in [0.15, 0.2) is 54.6 Å². The summed E-state index contributed by atoms with van der Waals surface area (Å²) in [5, 5.41) is 11.2. The fourth-order valence-corrected chi connectivity index (χ4v) is 4.44. The smallest absolute Gasteiger partial charge is 0.324 e. The molecule has 31 heavy (non-hydrogen) atoms. The van der Waals surface area contributed by atoms with Crippen molar-refractivity contribution in [2.45, 2.75) is 32.2 Å². The van der Waals surface area contributed by atoms with Crippen molar-refractivity contribution in [2.24, 2.45) is 17.6 Å². The summed E-state index contributed by atoms with van der Waals surface area (Å²) in [7, 11) is 1.82. The lowest BCUT2D eigenvalue weighted by molar-refractivity contribution is 0.154. The zero-order chi connectivity index (χ0) is 22.2. The first-order valence-electron chi connectivity index (χ1n) is 10.8. The Balaban J connectivity index is 1.79. The molecule has 1 aliphatic rings. The molecule has 0 aliphatic heterocycles. The Kier molecular flexibility index (Phi) is 8.18. The number of halogens is 1. The van der Waals surface area contributed by atoms with Crippen molar-refractivity contribution in [3.05, 3.63) is 65.2 Å². The molecule has 0 aromatic heterocycles. The van der Waals surface area contributed by atoms with Gasteiger partial charge in [0.05, 0.1) is 0 Å². The quantitative estimate of drug-likeness (QED) is 0.430. The van der Waals surface area contributed by atoms with Crippen LogP contribution in [0.1, 0.15) is 31.2 Å². The van der Waals surface area contributed by atoms with Gasteiger partial charge in [-0.1, -0.05) is 54.8 Å². The highest BCUT2D eigenvalue weighted by Gasteiger charge is 2.30. The fourth-order valence-electron chi connectivity index (χ4n) is 4.31. The van der Waals surface area contributed by atoms with Gasteiger partial charge in [0.25, 0.3) is 0 Å². The normalized spacial score (nSPS) is 18.3. The number of carbonyl (C=O) groups is 1. The highest BCUT2D eigenvalue weighted by atomic mass is 35.5. The second-order valence-corrected chi connectivity index (χ2v) is 8.72. The average molecular weight is 442 g/mol. The Hall–Kier alpha value is -2.73. The number of urea groups is 1. The molecule has 2 aromatic carbocycles. The Morgan fingerprint density at radius 3 is 2.39 bits per heavy atom. The molecule has 4 N–H and O–H groups in total. The second-order valence-electron chi connectivity index (χ2n) is 8.28. The van der Waals surface area contributed by atoms with Crippen LogP contribution in [0.2, 0.25) is 5.02 Å². The molecule has 2 unspecified atom stereocenters. The van der Waals surface area contributed by atoms with Crippen molar-refractivity contribution < 1.29 is 4.79 Å². The van der Waals surface area contributed by atoms with Crippen molar-refractivity contribution in [1.29, 1.82) is 5.41 Å². The number of nitrogens with one attached hydrogen (secondary N) is 2. The minimum Gasteiger partial charge on any atom is -0.370 e. The summed E-state index contributed by atoms with van der Waals surface area (Å²) >= 11 is 6.05. The van der Waals surface area contributed by atoms with Gasteiger partial charge in [0.2, 0.25) is 0 Å². The molecule has 166 valence electrons. The van der Waals surface area contributed by atoms with Crippen LogP contribution in [0.25, 0.3) is 0 Å². The van der Waals surface area contributed by atoms with Gasteiger partial charge in [0.1, 0.15) is 0 Å². The van der Waals surface area contributed by atoms with Crippen LogP contribution < -0.4 is 16.0 Å². The van der Waals surface area contributed by atoms with Crippen LogP contribution in [0.4, 0.5) is 10.5 Å². The third kappa shape index (κ3) is 6.62. The molecule has 1 aliphatic carbocycles. The molecule has 0 radical (unpaired) electrons. The van der Waals surface area contributed by atoms with Gasteiger partial charge >= 0.3 is 6.03 Å². The topological polar surface area (TPSA) is 85.5 Å². The molecular formula is C24H32ClN5O. The van der Waals surface area contributed by atoms with Gasteiger partial charge in [-0.15, -0.1) is 0 Å². The number of benzene rings is 2. The summed E-state index contributed by atoms with van der Waals surface area (Å²) in [6.45, 7) is 1.87. The van der Waals surface area contributed by atoms with Gasteiger partial charge in [-0.2, -0.15) is 0 Å². The summed E-state index contributed by atoms with van der Waals surface area (Å²) < 4.78 is 0. The fraction of sp³-hybridized carbons (Fsp3) is 0.417. The van der Waals surface area contributed by atoms with Crippen LogP contribution in [0.5, 0.6) is 0 Å². The minimum absolute atomic E-state index is 0.00207. The lowest BCUT2D eigenvalue weighted by Crippen LogP contribution is -2.46. The molecule has 2 atom stereocenters. The first-order valence-corrected chi connectivity index (χ1v) is 11.2. The molecule has 2 aromatic rings. The van der Waals surface area contributed by atoms with Crippen LogP contribution in [-0.4, -0.2) is 37.0 Å². The van der Waals surface area contributed by atoms with E-state index in [1.807, 2.05) is 66.5 Å². The molecule has 3 rings (SSSR count). The van der Waals surface area contributed by atoms with Crippen molar-refractivity contribution >= 4 is 29.3 Å². The van der Waals surface area contributed by atoms with Crippen LogP contribution in [0, 0.1) is 17.2 Å². The van der Waals surface area contributed by atoms with E-state index in [1.165, 1.54) is 12.8 Å². The zero-order valence-electron chi connectivity index (χ0n) is 18.1. The maximum atomic E-state index is 13.5. The first kappa shape index (κ1) is 22.9. The van der Waals surface area contributed by atoms with Gasteiger partial charge in [-0.3, -0.25) is 10.3 Å². The van der Waals surface area contributed by atoms with E-state index in [-0.39, 0.29) is 12.0 Å². The SMILES string of the molecule is CN(C(=O)N(Cc1ccc(Cl)cc1)CC1CCCCC1CNC(=N)N)c1ccccc1. The summed E-state index contributed by atoms with van der Waals surface area (Å²) in [5.74, 6) is 0.753. The van der Waals surface area contributed by atoms with E-state index < -0.39 is 0 Å². The lowest BCUT2D eigenvalue weighted by atomic mass is 9.79. The molecular weight excluding hydrogens is 410 g/mol. The molecule has 1 fully saturated rings. The first-order chi connectivity index (χ1) is 14.9. The van der Waals surface area contributed by atoms with Crippen LogP contribution in [0.3, 0.4) is 0 Å². The minimum atomic E-state index is -0.0231. The van der Waals surface area contributed by atoms with E-state index >= 15 is 0 Å². The molecule has 0 bridgehead atoms. The highest BCUT2D eigenvalue weighted by Crippen LogP contribution is 2.31. The average Bonchev–Trinajstić information content (AvgIpc) is 2.79. The van der Waals surface area contributed by atoms with E-state index in [9.17, 15) is 4.79 Å². The molecule has 6 nitrogen and oxygen atoms in total. The molecule has 0 saturated heterocycles. The number of hydrogen-bond acceptors (Lipinski definition) is 2. The van der Waals surface area contributed by atoms with Gasteiger partial charge in [0.15, 0.2) is 5.96 Å². The Labute approximate surface area is 189 Å². The van der Waals surface area contributed by atoms with Crippen molar-refractivity contribution in [1.82, 2.24) is 10.2 Å². The summed E-state index contributed by atoms with van der Waals surface area (Å²) in [5.41, 5.74) is 7.43. The number of para-hydroxylation sites is 1. The maximum absolute atomic E-state index is 13.5. The second kappa shape index (κ2) is 11.0. The summed E-state index contributed by atoms with van der Waals surface area (Å²) in [4.78, 5) is 17.2. The van der Waals surface area contributed by atoms with Gasteiger partial charge in [0, 0.05) is 37.4 Å². The lowest BCUT2D eigenvalue weighted by Gasteiger charge is -2.37. The van der Waals surface area contributed by atoms with Gasteiger partial charge < -0.3 is 16.0 Å². The zero-order valence-corrected chi connectivity index (χ0v) is 18.8. The van der Waals surface area contributed by atoms with Crippen molar-refractivity contribution in [3.8, 4) is 0 Å². The van der Waals surface area contributed by atoms with E-state index in [2.05, 4.69) is 5.32 Å². The van der Waals surface area contributed by atoms with Gasteiger partial charge in [-0.25, -0.2) is 4.79 Å². The summed E-state index contributed by atoms with van der Waals surface area (Å²) in [6.07, 6.45) is 4.50. The van der Waals surface area contributed by atoms with Crippen molar-refractivity contribution in [2.75, 3.05) is 25.0 Å². The number of rotatable bonds is 7. The number of carbonyl (C=O) groups excluding carboxylic acids is 1. The number of amides is 2. The standard InChI is InChI=1S/C24H32ClN5O/c1-29(22-9-3-2-4-10-22)24(31)30(16-18-11-13-21(25)14-12-18)17-20-8-6-5-7-19(20)15-28-23(26)27/h2-4,9-14,19-20H,5-8,15-17H2,1H3,(H4,26,27,28). The van der Waals surface area contributed by atoms with E-state index in [0.29, 0.717) is 36.5 Å². The maximum Gasteiger partial charge on any atom is 0.324 e. The Morgan fingerprint density at radius 2 is 1.74 bits per heavy atom. The number of hydrogen-bond donors (Lipinski definition) is 3. The third-order valence-electron chi connectivity index (χ3n) is 6.06. The van der Waals surface area contributed by atoms with Gasteiger partial charge in [-0.05, 0) is 54.5 Å².